The van der Waals surface area contributed by atoms with E-state index in [-0.39, 0.29) is 19.3 Å². The van der Waals surface area contributed by atoms with Crippen LogP contribution in [0.5, 0.6) is 0 Å². The van der Waals surface area contributed by atoms with Crippen LogP contribution >= 0.6 is 0 Å². The second-order valence-electron chi connectivity index (χ2n) is 8.35. The van der Waals surface area contributed by atoms with Crippen LogP contribution in [0.2, 0.25) is 0 Å². The van der Waals surface area contributed by atoms with E-state index in [0.29, 0.717) is 0 Å². The van der Waals surface area contributed by atoms with Crippen LogP contribution in [-0.4, -0.2) is 81.0 Å². The molecule has 10 N–H and O–H groups in total. The Bertz CT molecular complexity index is 1030. The number of carboxylic acids is 3. The summed E-state index contributed by atoms with van der Waals surface area (Å²) in [5.74, 6) is -8.24. The van der Waals surface area contributed by atoms with E-state index in [2.05, 4.69) is 10.6 Å². The van der Waals surface area contributed by atoms with Crippen molar-refractivity contribution in [3.8, 4) is 0 Å². The number of carboxylic acid groups (broad SMARTS) is 3. The summed E-state index contributed by atoms with van der Waals surface area (Å²) in [5.41, 5.74) is 11.6. The highest BCUT2D eigenvalue weighted by Gasteiger charge is 2.32. The molecule has 0 fully saturated rings. The SMILES string of the molecule is NC(=O)CCC(NC(=O)C(CC(=O)O)NC(=O)C(CCC(=O)O)NC(=O)C(N)Cc1ccccc1)C(=O)O. The monoisotopic (exact) mass is 537 g/mol. The molecule has 1 aromatic rings. The minimum atomic E-state index is -1.79. The summed E-state index contributed by atoms with van der Waals surface area (Å²) >= 11 is 0. The lowest BCUT2D eigenvalue weighted by molar-refractivity contribution is -0.143. The zero-order valence-electron chi connectivity index (χ0n) is 20.3. The van der Waals surface area contributed by atoms with Crippen molar-refractivity contribution >= 4 is 41.5 Å². The highest BCUT2D eigenvalue weighted by Crippen LogP contribution is 2.06. The van der Waals surface area contributed by atoms with Gasteiger partial charge < -0.3 is 42.7 Å². The second-order valence-corrected chi connectivity index (χ2v) is 8.35. The largest absolute Gasteiger partial charge is 0.481 e. The molecule has 38 heavy (non-hydrogen) atoms. The first-order valence-corrected chi connectivity index (χ1v) is 11.5. The van der Waals surface area contributed by atoms with Crippen molar-refractivity contribution in [3.05, 3.63) is 35.9 Å². The summed E-state index contributed by atoms with van der Waals surface area (Å²) < 4.78 is 0. The van der Waals surface area contributed by atoms with E-state index in [9.17, 15) is 38.7 Å². The number of hydrogen-bond acceptors (Lipinski definition) is 8. The van der Waals surface area contributed by atoms with Crippen molar-refractivity contribution in [1.82, 2.24) is 16.0 Å². The molecule has 0 aliphatic rings. The Morgan fingerprint density at radius 2 is 1.24 bits per heavy atom. The number of aliphatic carboxylic acids is 3. The molecule has 4 amide bonds. The van der Waals surface area contributed by atoms with E-state index in [0.717, 1.165) is 5.56 Å². The number of rotatable bonds is 17. The molecule has 0 spiro atoms. The first-order valence-electron chi connectivity index (χ1n) is 11.5. The van der Waals surface area contributed by atoms with Crippen molar-refractivity contribution < 1.29 is 48.9 Å². The van der Waals surface area contributed by atoms with Crippen LogP contribution in [0, 0.1) is 0 Å². The first-order chi connectivity index (χ1) is 17.8. The fraction of sp³-hybridized carbons (Fsp3) is 0.435. The normalized spacial score (nSPS) is 13.7. The number of hydrogen-bond donors (Lipinski definition) is 8. The summed E-state index contributed by atoms with van der Waals surface area (Å²) in [5, 5.41) is 33.9. The Morgan fingerprint density at radius 3 is 1.76 bits per heavy atom. The molecule has 1 aromatic carbocycles. The summed E-state index contributed by atoms with van der Waals surface area (Å²) in [6.07, 6.45) is -2.61. The van der Waals surface area contributed by atoms with E-state index < -0.39 is 85.0 Å². The Morgan fingerprint density at radius 1 is 0.711 bits per heavy atom. The van der Waals surface area contributed by atoms with E-state index >= 15 is 0 Å². The lowest BCUT2D eigenvalue weighted by atomic mass is 10.0. The third-order valence-corrected chi connectivity index (χ3v) is 5.22. The maximum Gasteiger partial charge on any atom is 0.326 e. The van der Waals surface area contributed by atoms with Gasteiger partial charge in [0.25, 0.3) is 0 Å². The van der Waals surface area contributed by atoms with Gasteiger partial charge in [0.05, 0.1) is 12.5 Å². The van der Waals surface area contributed by atoms with Gasteiger partial charge >= 0.3 is 17.9 Å². The van der Waals surface area contributed by atoms with Gasteiger partial charge in [0.1, 0.15) is 18.1 Å². The van der Waals surface area contributed by atoms with Gasteiger partial charge in [-0.2, -0.15) is 0 Å². The first kappa shape index (κ1) is 31.5. The Labute approximate surface area is 216 Å². The topological polar surface area (TPSA) is 268 Å². The van der Waals surface area contributed by atoms with E-state index in [1.165, 1.54) is 0 Å². The van der Waals surface area contributed by atoms with Crippen LogP contribution in [0.3, 0.4) is 0 Å². The average molecular weight is 538 g/mol. The molecule has 0 aliphatic heterocycles. The van der Waals surface area contributed by atoms with Gasteiger partial charge in [0.15, 0.2) is 0 Å². The Balaban J connectivity index is 3.00. The van der Waals surface area contributed by atoms with Gasteiger partial charge in [-0.3, -0.25) is 28.8 Å². The molecule has 0 radical (unpaired) electrons. The average Bonchev–Trinajstić information content (AvgIpc) is 2.83. The summed E-state index contributed by atoms with van der Waals surface area (Å²) in [6, 6.07) is 2.67. The number of nitrogens with one attached hydrogen (secondary N) is 3. The molecule has 4 unspecified atom stereocenters. The number of carbonyl (C=O) groups excluding carboxylic acids is 4. The number of nitrogens with two attached hydrogens (primary N) is 2. The molecule has 1 rings (SSSR count). The lowest BCUT2D eigenvalue weighted by Crippen LogP contribution is -2.57. The molecular formula is C23H31N5O10. The number of amides is 4. The Kier molecular flexibility index (Phi) is 12.9. The van der Waals surface area contributed by atoms with Crippen LogP contribution in [0.1, 0.15) is 37.7 Å². The maximum absolute atomic E-state index is 12.9. The molecular weight excluding hydrogens is 506 g/mol. The summed E-state index contributed by atoms with van der Waals surface area (Å²) in [6.45, 7) is 0. The number of carbonyl (C=O) groups is 7. The molecule has 15 heteroatoms. The third kappa shape index (κ3) is 11.9. The lowest BCUT2D eigenvalue weighted by Gasteiger charge is -2.24. The molecule has 15 nitrogen and oxygen atoms in total. The van der Waals surface area contributed by atoms with Gasteiger partial charge in [-0.05, 0) is 24.8 Å². The molecule has 0 aliphatic carbocycles. The van der Waals surface area contributed by atoms with Crippen LogP contribution in [0.15, 0.2) is 30.3 Å². The van der Waals surface area contributed by atoms with Gasteiger partial charge in [-0.15, -0.1) is 0 Å². The predicted octanol–water partition coefficient (Wildman–Crippen LogP) is -2.30. The van der Waals surface area contributed by atoms with Gasteiger partial charge in [0.2, 0.25) is 23.6 Å². The maximum atomic E-state index is 12.9. The fourth-order valence-electron chi connectivity index (χ4n) is 3.25. The van der Waals surface area contributed by atoms with Gasteiger partial charge in [-0.25, -0.2) is 4.79 Å². The number of primary amides is 1. The fourth-order valence-corrected chi connectivity index (χ4v) is 3.25. The minimum absolute atomic E-state index is 0.103. The van der Waals surface area contributed by atoms with E-state index in [1.54, 1.807) is 30.3 Å². The smallest absolute Gasteiger partial charge is 0.326 e. The molecule has 0 heterocycles. The van der Waals surface area contributed by atoms with E-state index in [4.69, 9.17) is 21.7 Å². The second kappa shape index (κ2) is 15.6. The predicted molar refractivity (Wildman–Crippen MR) is 129 cm³/mol. The molecule has 208 valence electrons. The van der Waals surface area contributed by atoms with Gasteiger partial charge in [0, 0.05) is 12.8 Å². The van der Waals surface area contributed by atoms with Crippen LogP contribution in [0.25, 0.3) is 0 Å². The zero-order chi connectivity index (χ0) is 28.8. The van der Waals surface area contributed by atoms with Crippen molar-refractivity contribution in [3.63, 3.8) is 0 Å². The minimum Gasteiger partial charge on any atom is -0.481 e. The Hall–Kier alpha value is -4.53. The van der Waals surface area contributed by atoms with Crippen LogP contribution in [-0.2, 0) is 40.0 Å². The molecule has 0 bridgehead atoms. The van der Waals surface area contributed by atoms with Crippen molar-refractivity contribution in [2.24, 2.45) is 11.5 Å². The molecule has 4 atom stereocenters. The van der Waals surface area contributed by atoms with Crippen LogP contribution < -0.4 is 27.4 Å². The molecule has 0 aromatic heterocycles. The highest BCUT2D eigenvalue weighted by atomic mass is 16.4. The van der Waals surface area contributed by atoms with Crippen molar-refractivity contribution in [1.29, 1.82) is 0 Å². The molecule has 0 saturated carbocycles. The van der Waals surface area contributed by atoms with Crippen molar-refractivity contribution in [2.45, 2.75) is 62.7 Å². The standard InChI is InChI=1S/C23H31N5O10/c24-13(10-12-4-2-1-3-5-12)20(34)26-14(7-9-18(30)31)21(35)28-16(11-19(32)33)22(36)27-15(23(37)38)6-8-17(25)29/h1-5,13-16H,6-11,24H2,(H2,25,29)(H,26,34)(H,27,36)(H,28,35)(H,30,31)(H,32,33)(H,37,38). The quantitative estimate of drug-likeness (QED) is 0.105. The zero-order valence-corrected chi connectivity index (χ0v) is 20.3. The molecule has 0 saturated heterocycles. The summed E-state index contributed by atoms with van der Waals surface area (Å²) in [7, 11) is 0. The van der Waals surface area contributed by atoms with Gasteiger partial charge in [-0.1, -0.05) is 30.3 Å². The highest BCUT2D eigenvalue weighted by molar-refractivity contribution is 5.95. The van der Waals surface area contributed by atoms with Crippen LogP contribution in [0.4, 0.5) is 0 Å². The van der Waals surface area contributed by atoms with E-state index in [1.807, 2.05) is 5.32 Å². The summed E-state index contributed by atoms with van der Waals surface area (Å²) in [4.78, 5) is 82.8. The third-order valence-electron chi connectivity index (χ3n) is 5.22. The van der Waals surface area contributed by atoms with Crippen molar-refractivity contribution in [2.75, 3.05) is 0 Å². The number of benzene rings is 1.